The minimum atomic E-state index is 0.763. The van der Waals surface area contributed by atoms with Crippen LogP contribution in [0.1, 0.15) is 6.92 Å². The maximum Gasteiger partial charge on any atom is 0.0827 e. The number of hydrogen-bond donors (Lipinski definition) is 0. The highest BCUT2D eigenvalue weighted by atomic mass is 35.5. The first-order valence-corrected chi connectivity index (χ1v) is 5.76. The van der Waals surface area contributed by atoms with E-state index in [0.717, 1.165) is 10.6 Å². The molecule has 0 unspecified atom stereocenters. The Kier molecular flexibility index (Phi) is 5.37. The predicted molar refractivity (Wildman–Crippen MR) is 67.2 cm³/mol. The number of rotatable bonds is 4. The summed E-state index contributed by atoms with van der Waals surface area (Å²) in [4.78, 5) is 1.17. The molecule has 0 heterocycles. The first-order valence-electron chi connectivity index (χ1n) is 4.50. The third-order valence-corrected chi connectivity index (χ3v) is 2.95. The smallest absolute Gasteiger partial charge is 0.0827 e. The molecule has 1 rings (SSSR count). The lowest BCUT2D eigenvalue weighted by Crippen LogP contribution is -1.71. The van der Waals surface area contributed by atoms with Crippen molar-refractivity contribution in [3.8, 4) is 0 Å². The van der Waals surface area contributed by atoms with Crippen LogP contribution in [0.4, 0.5) is 0 Å². The van der Waals surface area contributed by atoms with Gasteiger partial charge in [-0.05, 0) is 48.2 Å². The first kappa shape index (κ1) is 12.2. The quantitative estimate of drug-likeness (QED) is 0.436. The van der Waals surface area contributed by atoms with Crippen molar-refractivity contribution < 1.29 is 4.74 Å². The molecule has 1 nitrogen and oxygen atoms in total. The fraction of sp³-hybridized carbons (Fsp3) is 0.167. The van der Waals surface area contributed by atoms with Crippen molar-refractivity contribution in [1.29, 1.82) is 0 Å². The molecule has 0 spiro atoms. The molecule has 0 bridgehead atoms. The van der Waals surface area contributed by atoms with E-state index in [1.165, 1.54) is 4.90 Å². The number of allylic oxidation sites excluding steroid dienone is 2. The van der Waals surface area contributed by atoms with Crippen LogP contribution in [0.15, 0.2) is 52.5 Å². The molecule has 0 aliphatic rings. The lowest BCUT2D eigenvalue weighted by atomic mass is 10.3. The number of halogens is 1. The molecule has 0 atom stereocenters. The molecule has 0 amide bonds. The van der Waals surface area contributed by atoms with Gasteiger partial charge in [0.15, 0.2) is 0 Å². The van der Waals surface area contributed by atoms with Gasteiger partial charge in [0.1, 0.15) is 0 Å². The largest absolute Gasteiger partial charge is 0.504 e. The first-order chi connectivity index (χ1) is 7.22. The predicted octanol–water partition coefficient (Wildman–Crippen LogP) is 4.50. The van der Waals surface area contributed by atoms with Gasteiger partial charge >= 0.3 is 0 Å². The third kappa shape index (κ3) is 4.96. The summed E-state index contributed by atoms with van der Waals surface area (Å²) in [6.45, 7) is 2.03. The Hall–Kier alpha value is -0.860. The van der Waals surface area contributed by atoms with E-state index < -0.39 is 0 Å². The highest BCUT2D eigenvalue weighted by Crippen LogP contribution is 2.22. The van der Waals surface area contributed by atoms with Crippen LogP contribution in [0.3, 0.4) is 0 Å². The minimum Gasteiger partial charge on any atom is -0.504 e. The van der Waals surface area contributed by atoms with Crippen LogP contribution in [0.5, 0.6) is 0 Å². The average molecular weight is 241 g/mol. The summed E-state index contributed by atoms with van der Waals surface area (Å²) >= 11 is 7.45. The van der Waals surface area contributed by atoms with Gasteiger partial charge in [0.25, 0.3) is 0 Å². The van der Waals surface area contributed by atoms with Crippen LogP contribution in [0, 0.1) is 0 Å². The molecule has 0 radical (unpaired) electrons. The summed E-state index contributed by atoms with van der Waals surface area (Å²) in [5.74, 6) is 0. The molecule has 80 valence electrons. The zero-order valence-electron chi connectivity index (χ0n) is 8.74. The molecule has 3 heteroatoms. The molecule has 1 aromatic rings. The van der Waals surface area contributed by atoms with Crippen LogP contribution >= 0.6 is 23.4 Å². The molecular weight excluding hydrogens is 228 g/mol. The molecule has 0 saturated carbocycles. The second-order valence-electron chi connectivity index (χ2n) is 2.97. The van der Waals surface area contributed by atoms with Crippen molar-refractivity contribution in [3.63, 3.8) is 0 Å². The topological polar surface area (TPSA) is 9.23 Å². The molecule has 1 aromatic carbocycles. The average Bonchev–Trinajstić information content (AvgIpc) is 2.25. The lowest BCUT2D eigenvalue weighted by Gasteiger charge is -1.97. The van der Waals surface area contributed by atoms with Crippen molar-refractivity contribution in [1.82, 2.24) is 0 Å². The summed E-state index contributed by atoms with van der Waals surface area (Å²) in [5.41, 5.74) is 1.15. The van der Waals surface area contributed by atoms with Crippen LogP contribution in [0.25, 0.3) is 0 Å². The third-order valence-electron chi connectivity index (χ3n) is 1.66. The minimum absolute atomic E-state index is 0.763. The SMILES string of the molecule is CO/C=C/C(C)=C\Sc1ccc(Cl)cc1. The van der Waals surface area contributed by atoms with Crippen LogP contribution in [0.2, 0.25) is 5.02 Å². The fourth-order valence-electron chi connectivity index (χ4n) is 0.889. The number of ether oxygens (including phenoxy) is 1. The van der Waals surface area contributed by atoms with Crippen LogP contribution in [-0.2, 0) is 4.74 Å². The Labute approximate surface area is 99.8 Å². The Morgan fingerprint density at radius 3 is 2.60 bits per heavy atom. The Morgan fingerprint density at radius 2 is 2.00 bits per heavy atom. The molecule has 0 aliphatic carbocycles. The molecule has 0 aromatic heterocycles. The molecule has 0 N–H and O–H groups in total. The maximum absolute atomic E-state index is 5.79. The van der Waals surface area contributed by atoms with Gasteiger partial charge in [-0.15, -0.1) is 0 Å². The number of hydrogen-bond acceptors (Lipinski definition) is 2. The second kappa shape index (κ2) is 6.59. The summed E-state index contributed by atoms with van der Waals surface area (Å²) in [6.07, 6.45) is 3.58. The van der Waals surface area contributed by atoms with E-state index in [0.29, 0.717) is 0 Å². The van der Waals surface area contributed by atoms with E-state index in [2.05, 4.69) is 5.41 Å². The van der Waals surface area contributed by atoms with E-state index in [4.69, 9.17) is 16.3 Å². The van der Waals surface area contributed by atoms with Crippen molar-refractivity contribution in [2.75, 3.05) is 7.11 Å². The maximum atomic E-state index is 5.79. The van der Waals surface area contributed by atoms with Gasteiger partial charge in [-0.3, -0.25) is 0 Å². The van der Waals surface area contributed by atoms with E-state index in [1.807, 2.05) is 37.3 Å². The van der Waals surface area contributed by atoms with Crippen LogP contribution < -0.4 is 0 Å². The van der Waals surface area contributed by atoms with Gasteiger partial charge in [0, 0.05) is 9.92 Å². The van der Waals surface area contributed by atoms with Crippen molar-refractivity contribution >= 4 is 23.4 Å². The van der Waals surface area contributed by atoms with Gasteiger partial charge in [-0.25, -0.2) is 0 Å². The van der Waals surface area contributed by atoms with Crippen molar-refractivity contribution in [2.24, 2.45) is 0 Å². The summed E-state index contributed by atoms with van der Waals surface area (Å²) in [6, 6.07) is 7.77. The van der Waals surface area contributed by atoms with Gasteiger partial charge in [0.05, 0.1) is 13.4 Å². The Bertz CT molecular complexity index is 354. The summed E-state index contributed by atoms with van der Waals surface area (Å²) in [5, 5.41) is 2.83. The van der Waals surface area contributed by atoms with E-state index in [1.54, 1.807) is 25.1 Å². The van der Waals surface area contributed by atoms with Crippen molar-refractivity contribution in [2.45, 2.75) is 11.8 Å². The Balaban J connectivity index is 2.55. The molecular formula is C12H13ClOS. The number of methoxy groups -OCH3 is 1. The highest BCUT2D eigenvalue weighted by molar-refractivity contribution is 8.02. The van der Waals surface area contributed by atoms with Gasteiger partial charge in [-0.2, -0.15) is 0 Å². The second-order valence-corrected chi connectivity index (χ2v) is 4.35. The summed E-state index contributed by atoms with van der Waals surface area (Å²) in [7, 11) is 1.64. The standard InChI is InChI=1S/C12H13ClOS/c1-10(7-8-14-2)9-15-12-5-3-11(13)4-6-12/h3-9H,1-2H3/b8-7+,10-9-. The van der Waals surface area contributed by atoms with Gasteiger partial charge in [0.2, 0.25) is 0 Å². The zero-order chi connectivity index (χ0) is 11.1. The molecule has 0 saturated heterocycles. The van der Waals surface area contributed by atoms with Gasteiger partial charge < -0.3 is 4.74 Å². The van der Waals surface area contributed by atoms with Gasteiger partial charge in [-0.1, -0.05) is 23.4 Å². The zero-order valence-corrected chi connectivity index (χ0v) is 10.3. The van der Waals surface area contributed by atoms with Crippen molar-refractivity contribution in [3.05, 3.63) is 52.6 Å². The van der Waals surface area contributed by atoms with E-state index >= 15 is 0 Å². The molecule has 0 aliphatic heterocycles. The highest BCUT2D eigenvalue weighted by Gasteiger charge is 1.91. The lowest BCUT2D eigenvalue weighted by molar-refractivity contribution is 0.338. The number of thioether (sulfide) groups is 1. The van der Waals surface area contributed by atoms with Crippen LogP contribution in [-0.4, -0.2) is 7.11 Å². The molecule has 15 heavy (non-hydrogen) atoms. The number of benzene rings is 1. The fourth-order valence-corrected chi connectivity index (χ4v) is 1.71. The normalized spacial score (nSPS) is 12.1. The Morgan fingerprint density at radius 1 is 1.33 bits per heavy atom. The van der Waals surface area contributed by atoms with E-state index in [9.17, 15) is 0 Å². The van der Waals surface area contributed by atoms with E-state index in [-0.39, 0.29) is 0 Å². The molecule has 0 fully saturated rings. The monoisotopic (exact) mass is 240 g/mol. The summed E-state index contributed by atoms with van der Waals surface area (Å²) < 4.78 is 4.83.